The van der Waals surface area contributed by atoms with E-state index in [1.807, 2.05) is 11.8 Å². The highest BCUT2D eigenvalue weighted by atomic mass is 19.1. The van der Waals surface area contributed by atoms with Gasteiger partial charge in [-0.3, -0.25) is 24.1 Å². The van der Waals surface area contributed by atoms with Gasteiger partial charge in [0, 0.05) is 62.5 Å². The van der Waals surface area contributed by atoms with Gasteiger partial charge in [-0.05, 0) is 56.7 Å². The molecule has 2 atom stereocenters. The number of esters is 1. The number of fused-ring (bicyclic) bond motifs is 1. The van der Waals surface area contributed by atoms with E-state index >= 15 is 0 Å². The first-order valence-electron chi connectivity index (χ1n) is 14.1. The molecule has 0 saturated carbocycles. The summed E-state index contributed by atoms with van der Waals surface area (Å²) in [5, 5.41) is 0.518. The van der Waals surface area contributed by atoms with Crippen molar-refractivity contribution in [2.24, 2.45) is 5.92 Å². The molecule has 0 aliphatic carbocycles. The number of carbonyl (C=O) groups is 4. The zero-order valence-corrected chi connectivity index (χ0v) is 25.3. The predicted octanol–water partition coefficient (Wildman–Crippen LogP) is 4.25. The molecule has 1 aromatic heterocycles. The largest absolute Gasteiger partial charge is 0.444 e. The Morgan fingerprint density at radius 3 is 2.29 bits per heavy atom. The topological polar surface area (TPSA) is 92.2 Å². The molecule has 1 saturated heterocycles. The number of Topliss-reactive ketones (excluding diaryl/α,β-unsaturated/α-hetero) is 1. The molecule has 4 rings (SSSR count). The van der Waals surface area contributed by atoms with Crippen molar-refractivity contribution in [2.45, 2.75) is 60.0 Å². The van der Waals surface area contributed by atoms with E-state index in [9.17, 15) is 23.6 Å². The van der Waals surface area contributed by atoms with Gasteiger partial charge in [0.1, 0.15) is 5.82 Å². The summed E-state index contributed by atoms with van der Waals surface area (Å²) in [6, 6.07) is 11.2. The predicted molar refractivity (Wildman–Crippen MR) is 157 cm³/mol. The van der Waals surface area contributed by atoms with Crippen molar-refractivity contribution in [3.8, 4) is 0 Å². The third kappa shape index (κ3) is 6.23. The van der Waals surface area contributed by atoms with Gasteiger partial charge in [0.2, 0.25) is 5.78 Å². The second-order valence-electron chi connectivity index (χ2n) is 11.6. The number of rotatable bonds is 8. The minimum Gasteiger partial charge on any atom is -0.444 e. The highest BCUT2D eigenvalue weighted by Gasteiger charge is 2.35. The Balaban J connectivity index is 1.69. The molecule has 2 heterocycles. The van der Waals surface area contributed by atoms with Crippen LogP contribution in [0.15, 0.2) is 42.5 Å². The van der Waals surface area contributed by atoms with E-state index in [1.165, 1.54) is 31.1 Å². The number of halogens is 1. The molecule has 9 nitrogen and oxygen atoms in total. The van der Waals surface area contributed by atoms with Crippen molar-refractivity contribution in [3.63, 3.8) is 0 Å². The Kier molecular flexibility index (Phi) is 9.15. The van der Waals surface area contributed by atoms with Gasteiger partial charge in [0.25, 0.3) is 11.8 Å². The van der Waals surface area contributed by atoms with E-state index in [0.717, 1.165) is 5.56 Å². The molecule has 0 unspecified atom stereocenters. The first kappa shape index (κ1) is 30.9. The first-order valence-corrected chi connectivity index (χ1v) is 14.1. The molecule has 0 spiro atoms. The summed E-state index contributed by atoms with van der Waals surface area (Å²) in [5.74, 6) is -2.50. The summed E-state index contributed by atoms with van der Waals surface area (Å²) in [4.78, 5) is 57.2. The van der Waals surface area contributed by atoms with E-state index in [2.05, 4.69) is 11.8 Å². The lowest BCUT2D eigenvalue weighted by molar-refractivity contribution is -0.151. The standard InChI is InChI=1S/C32H39FN4O5/c1-19(2)32(41)42-18-37-22(5)28(26-14-24(10-13-27(26)37)29(38)31(40)34(6)7)30(39)36-16-20(3)35(15-21(36)4)17-23-8-11-25(33)12-9-23/h8-14,19-21H,15-18H2,1-7H3/t20-,21+/m0/s1. The fourth-order valence-corrected chi connectivity index (χ4v) is 5.35. The first-order chi connectivity index (χ1) is 19.8. The summed E-state index contributed by atoms with van der Waals surface area (Å²) in [5.41, 5.74) is 2.80. The van der Waals surface area contributed by atoms with Crippen LogP contribution < -0.4 is 0 Å². The Labute approximate surface area is 245 Å². The number of piperazine rings is 1. The van der Waals surface area contributed by atoms with E-state index < -0.39 is 11.7 Å². The van der Waals surface area contributed by atoms with Crippen LogP contribution in [0.2, 0.25) is 0 Å². The summed E-state index contributed by atoms with van der Waals surface area (Å²) in [6.45, 7) is 11.0. The van der Waals surface area contributed by atoms with Gasteiger partial charge in [-0.15, -0.1) is 0 Å². The fourth-order valence-electron chi connectivity index (χ4n) is 5.35. The molecule has 10 heteroatoms. The van der Waals surface area contributed by atoms with Crippen LogP contribution in [0.4, 0.5) is 4.39 Å². The zero-order valence-electron chi connectivity index (χ0n) is 25.3. The number of amides is 2. The van der Waals surface area contributed by atoms with E-state index in [-0.39, 0.29) is 48.0 Å². The average Bonchev–Trinajstić information content (AvgIpc) is 3.23. The Hall–Kier alpha value is -4.05. The smallest absolute Gasteiger partial charge is 0.310 e. The number of benzene rings is 2. The second kappa shape index (κ2) is 12.4. The Bertz CT molecular complexity index is 1510. The number of carbonyl (C=O) groups excluding carboxylic acids is 4. The van der Waals surface area contributed by atoms with Crippen LogP contribution in [0.25, 0.3) is 10.9 Å². The SMILES string of the molecule is Cc1c(C(=O)N2C[C@H](C)N(Cc3ccc(F)cc3)C[C@H]2C)c2cc(C(=O)C(=O)N(C)C)ccc2n1COC(=O)C(C)C. The molecule has 2 aromatic carbocycles. The number of likely N-dealkylation sites (N-methyl/N-ethyl adjacent to an activating group) is 1. The molecule has 1 aliphatic rings. The molecule has 0 radical (unpaired) electrons. The molecule has 224 valence electrons. The van der Waals surface area contributed by atoms with Gasteiger partial charge in [-0.25, -0.2) is 4.39 Å². The number of ether oxygens (including phenoxy) is 1. The van der Waals surface area contributed by atoms with Crippen molar-refractivity contribution in [1.29, 1.82) is 0 Å². The van der Waals surface area contributed by atoms with Crippen LogP contribution in [-0.2, 0) is 27.6 Å². The minimum atomic E-state index is -0.673. The van der Waals surface area contributed by atoms with Crippen LogP contribution in [0, 0.1) is 18.7 Å². The highest BCUT2D eigenvalue weighted by Crippen LogP contribution is 2.31. The van der Waals surface area contributed by atoms with Crippen LogP contribution >= 0.6 is 0 Å². The summed E-state index contributed by atoms with van der Waals surface area (Å²) in [6.07, 6.45) is 0. The summed E-state index contributed by atoms with van der Waals surface area (Å²) >= 11 is 0. The fraction of sp³-hybridized carbons (Fsp3) is 0.438. The van der Waals surface area contributed by atoms with Gasteiger partial charge >= 0.3 is 5.97 Å². The van der Waals surface area contributed by atoms with Crippen molar-refractivity contribution in [1.82, 2.24) is 19.3 Å². The van der Waals surface area contributed by atoms with E-state index in [1.54, 1.807) is 55.7 Å². The minimum absolute atomic E-state index is 0.0331. The number of hydrogen-bond acceptors (Lipinski definition) is 6. The van der Waals surface area contributed by atoms with Crippen molar-refractivity contribution in [2.75, 3.05) is 27.2 Å². The van der Waals surface area contributed by atoms with Gasteiger partial charge in [0.15, 0.2) is 6.73 Å². The maximum Gasteiger partial charge on any atom is 0.310 e. The lowest BCUT2D eigenvalue weighted by Crippen LogP contribution is -2.57. The van der Waals surface area contributed by atoms with Crippen LogP contribution in [0.1, 0.15) is 59.7 Å². The lowest BCUT2D eigenvalue weighted by Gasteiger charge is -2.44. The molecule has 42 heavy (non-hydrogen) atoms. The van der Waals surface area contributed by atoms with Crippen molar-refractivity contribution >= 4 is 34.5 Å². The van der Waals surface area contributed by atoms with Gasteiger partial charge in [-0.2, -0.15) is 0 Å². The van der Waals surface area contributed by atoms with Gasteiger partial charge < -0.3 is 19.1 Å². The van der Waals surface area contributed by atoms with E-state index in [4.69, 9.17) is 4.74 Å². The Morgan fingerprint density at radius 1 is 1.00 bits per heavy atom. The lowest BCUT2D eigenvalue weighted by atomic mass is 10.0. The molecule has 1 aliphatic heterocycles. The van der Waals surface area contributed by atoms with Crippen LogP contribution in [0.5, 0.6) is 0 Å². The van der Waals surface area contributed by atoms with Crippen molar-refractivity contribution in [3.05, 3.63) is 70.7 Å². The highest BCUT2D eigenvalue weighted by molar-refractivity contribution is 6.43. The maximum absolute atomic E-state index is 14.3. The number of aromatic nitrogens is 1. The third-order valence-corrected chi connectivity index (χ3v) is 7.88. The average molecular weight is 579 g/mol. The monoisotopic (exact) mass is 578 g/mol. The zero-order chi connectivity index (χ0) is 30.9. The van der Waals surface area contributed by atoms with Crippen LogP contribution in [-0.4, -0.2) is 82.1 Å². The maximum atomic E-state index is 14.3. The molecular formula is C32H39FN4O5. The molecule has 1 fully saturated rings. The Morgan fingerprint density at radius 2 is 1.67 bits per heavy atom. The molecule has 2 amide bonds. The number of hydrogen-bond donors (Lipinski definition) is 0. The van der Waals surface area contributed by atoms with Gasteiger partial charge in [0.05, 0.1) is 17.0 Å². The van der Waals surface area contributed by atoms with Crippen LogP contribution in [0.3, 0.4) is 0 Å². The van der Waals surface area contributed by atoms with Crippen molar-refractivity contribution < 1.29 is 28.3 Å². The van der Waals surface area contributed by atoms with E-state index in [0.29, 0.717) is 41.8 Å². The molecule has 3 aromatic rings. The number of ketones is 1. The summed E-state index contributed by atoms with van der Waals surface area (Å²) in [7, 11) is 3.02. The molecule has 0 bridgehead atoms. The second-order valence-corrected chi connectivity index (χ2v) is 11.6. The summed E-state index contributed by atoms with van der Waals surface area (Å²) < 4.78 is 20.7. The molecule has 0 N–H and O–H groups in total. The molecular weight excluding hydrogens is 539 g/mol. The third-order valence-electron chi connectivity index (χ3n) is 7.88. The normalized spacial score (nSPS) is 17.5. The quantitative estimate of drug-likeness (QED) is 0.226. The number of nitrogens with zero attached hydrogens (tertiary/aromatic N) is 4. The van der Waals surface area contributed by atoms with Gasteiger partial charge in [-0.1, -0.05) is 26.0 Å².